The van der Waals surface area contributed by atoms with Gasteiger partial charge in [0.2, 0.25) is 0 Å². The van der Waals surface area contributed by atoms with Crippen LogP contribution in [0.2, 0.25) is 0 Å². The van der Waals surface area contributed by atoms with E-state index in [4.69, 9.17) is 0 Å². The first-order chi connectivity index (χ1) is 32.1. The zero-order chi connectivity index (χ0) is 43.3. The highest BCUT2D eigenvalue weighted by atomic mass is 15.1. The fourth-order valence-electron chi connectivity index (χ4n) is 10.4. The van der Waals surface area contributed by atoms with Crippen molar-refractivity contribution in [2.75, 3.05) is 4.90 Å². The van der Waals surface area contributed by atoms with Crippen LogP contribution in [0.3, 0.4) is 0 Å². The van der Waals surface area contributed by atoms with Crippen LogP contribution in [0.25, 0.3) is 77.2 Å². The van der Waals surface area contributed by atoms with Crippen LogP contribution in [0, 0.1) is 0 Å². The van der Waals surface area contributed by atoms with Crippen LogP contribution in [0.15, 0.2) is 255 Å². The van der Waals surface area contributed by atoms with Crippen molar-refractivity contribution in [3.63, 3.8) is 0 Å². The summed E-state index contributed by atoms with van der Waals surface area (Å²) in [6, 6.07) is 93.4. The first-order valence-electron chi connectivity index (χ1n) is 22.6. The Labute approximate surface area is 381 Å². The lowest BCUT2D eigenvalue weighted by molar-refractivity contribution is 0.714. The van der Waals surface area contributed by atoms with Crippen LogP contribution in [0.1, 0.15) is 23.6 Å². The molecule has 0 N–H and O–H groups in total. The van der Waals surface area contributed by atoms with Gasteiger partial charge in [-0.2, -0.15) is 0 Å². The Kier molecular flexibility index (Phi) is 9.35. The maximum Gasteiger partial charge on any atom is 0.0462 e. The molecule has 0 fully saturated rings. The van der Waals surface area contributed by atoms with Crippen LogP contribution >= 0.6 is 0 Å². The fraction of sp³-hybridized carbons (Fsp3) is 0.0312. The van der Waals surface area contributed by atoms with Crippen LogP contribution in [-0.2, 0) is 5.41 Å². The number of anilines is 3. The van der Waals surface area contributed by atoms with Gasteiger partial charge in [-0.25, -0.2) is 0 Å². The van der Waals surface area contributed by atoms with Crippen LogP contribution in [-0.4, -0.2) is 0 Å². The molecular formula is C64H45N. The topological polar surface area (TPSA) is 3.24 Å². The van der Waals surface area contributed by atoms with Crippen molar-refractivity contribution in [1.82, 2.24) is 0 Å². The van der Waals surface area contributed by atoms with Crippen molar-refractivity contribution in [2.45, 2.75) is 12.3 Å². The molecule has 1 unspecified atom stereocenters. The van der Waals surface area contributed by atoms with E-state index in [-0.39, 0.29) is 5.41 Å². The summed E-state index contributed by atoms with van der Waals surface area (Å²) in [6.45, 7) is 2.38. The summed E-state index contributed by atoms with van der Waals surface area (Å²) in [4.78, 5) is 2.37. The van der Waals surface area contributed by atoms with E-state index in [1.54, 1.807) is 0 Å². The summed E-state index contributed by atoms with van der Waals surface area (Å²) in [5, 5.41) is 5.03. The van der Waals surface area contributed by atoms with Crippen molar-refractivity contribution in [1.29, 1.82) is 0 Å². The molecule has 1 atom stereocenters. The maximum absolute atomic E-state index is 2.38. The van der Waals surface area contributed by atoms with Gasteiger partial charge in [0.1, 0.15) is 0 Å². The minimum atomic E-state index is -0.246. The largest absolute Gasteiger partial charge is 0.311 e. The van der Waals surface area contributed by atoms with E-state index in [9.17, 15) is 0 Å². The fourth-order valence-corrected chi connectivity index (χ4v) is 10.4. The standard InChI is InChI=1S/C64H45N/c1-64(53-17-3-2-4-18-53)61-23-10-9-20-60(61)63-59(22-12-24-62(63)64)50-35-41-56(42-36-50)65(55-39-33-47(34-40-55)52-30-27-44-13-5-6-15-51(44)43-52)54-37-31-46(32-38-54)45-25-28-49(29-26-45)58-21-11-16-48-14-7-8-19-57(48)58/h2-43H,1H3. The molecule has 0 spiro atoms. The molecule has 1 aliphatic carbocycles. The Balaban J connectivity index is 0.911. The van der Waals surface area contributed by atoms with E-state index in [1.807, 2.05) is 0 Å². The van der Waals surface area contributed by atoms with E-state index in [2.05, 4.69) is 267 Å². The summed E-state index contributed by atoms with van der Waals surface area (Å²) in [5.41, 5.74) is 19.4. The molecule has 306 valence electrons. The van der Waals surface area contributed by atoms with E-state index >= 15 is 0 Å². The van der Waals surface area contributed by atoms with Crippen molar-refractivity contribution in [3.05, 3.63) is 271 Å². The molecule has 65 heavy (non-hydrogen) atoms. The minimum absolute atomic E-state index is 0.246. The highest BCUT2D eigenvalue weighted by Crippen LogP contribution is 2.55. The molecule has 0 amide bonds. The molecule has 11 aromatic carbocycles. The molecule has 11 aromatic rings. The van der Waals surface area contributed by atoms with Crippen LogP contribution in [0.4, 0.5) is 17.1 Å². The molecule has 0 aliphatic heterocycles. The smallest absolute Gasteiger partial charge is 0.0462 e. The third-order valence-electron chi connectivity index (χ3n) is 13.8. The lowest BCUT2D eigenvalue weighted by Crippen LogP contribution is -2.22. The highest BCUT2D eigenvalue weighted by Gasteiger charge is 2.41. The predicted molar refractivity (Wildman–Crippen MR) is 275 cm³/mol. The zero-order valence-corrected chi connectivity index (χ0v) is 36.2. The number of fused-ring (bicyclic) bond motifs is 5. The first kappa shape index (κ1) is 38.4. The van der Waals surface area contributed by atoms with Crippen molar-refractivity contribution in [3.8, 4) is 55.6 Å². The Morgan fingerprint density at radius 2 is 0.738 bits per heavy atom. The van der Waals surface area contributed by atoms with Gasteiger partial charge in [-0.1, -0.05) is 212 Å². The minimum Gasteiger partial charge on any atom is -0.311 e. The van der Waals surface area contributed by atoms with Crippen LogP contribution < -0.4 is 4.90 Å². The van der Waals surface area contributed by atoms with Crippen LogP contribution in [0.5, 0.6) is 0 Å². The second kappa shape index (κ2) is 15.8. The van der Waals surface area contributed by atoms with Crippen molar-refractivity contribution >= 4 is 38.6 Å². The van der Waals surface area contributed by atoms with Gasteiger partial charge < -0.3 is 4.90 Å². The van der Waals surface area contributed by atoms with Gasteiger partial charge in [-0.3, -0.25) is 0 Å². The number of benzene rings is 11. The monoisotopic (exact) mass is 827 g/mol. The molecule has 1 heteroatoms. The Hall–Kier alpha value is -8.26. The normalized spacial score (nSPS) is 14.0. The molecule has 0 aromatic heterocycles. The summed E-state index contributed by atoms with van der Waals surface area (Å²) < 4.78 is 0. The number of hydrogen-bond donors (Lipinski definition) is 0. The third kappa shape index (κ3) is 6.64. The second-order valence-corrected chi connectivity index (χ2v) is 17.4. The van der Waals surface area contributed by atoms with Crippen molar-refractivity contribution in [2.24, 2.45) is 0 Å². The molecule has 0 bridgehead atoms. The average molecular weight is 828 g/mol. The average Bonchev–Trinajstić information content (AvgIpc) is 3.65. The Bertz CT molecular complexity index is 3510. The maximum atomic E-state index is 2.38. The quantitative estimate of drug-likeness (QED) is 0.147. The van der Waals surface area contributed by atoms with E-state index in [1.165, 1.54) is 93.9 Å². The summed E-state index contributed by atoms with van der Waals surface area (Å²) in [5.74, 6) is 0. The van der Waals surface area contributed by atoms with Gasteiger partial charge in [0.25, 0.3) is 0 Å². The van der Waals surface area contributed by atoms with E-state index < -0.39 is 0 Å². The molecule has 1 nitrogen and oxygen atoms in total. The van der Waals surface area contributed by atoms with Gasteiger partial charge in [-0.05, 0) is 143 Å². The first-order valence-corrected chi connectivity index (χ1v) is 22.6. The van der Waals surface area contributed by atoms with E-state index in [0.29, 0.717) is 0 Å². The Morgan fingerprint density at radius 1 is 0.292 bits per heavy atom. The second-order valence-electron chi connectivity index (χ2n) is 17.4. The number of rotatable bonds is 8. The number of hydrogen-bond acceptors (Lipinski definition) is 1. The lowest BCUT2D eigenvalue weighted by atomic mass is 9.74. The van der Waals surface area contributed by atoms with Gasteiger partial charge in [0.15, 0.2) is 0 Å². The van der Waals surface area contributed by atoms with Gasteiger partial charge in [-0.15, -0.1) is 0 Å². The summed E-state index contributed by atoms with van der Waals surface area (Å²) >= 11 is 0. The number of nitrogens with zero attached hydrogens (tertiary/aromatic N) is 1. The predicted octanol–water partition coefficient (Wildman–Crippen LogP) is 17.5. The molecule has 0 saturated heterocycles. The summed E-state index contributed by atoms with van der Waals surface area (Å²) in [6.07, 6.45) is 0. The zero-order valence-electron chi connectivity index (χ0n) is 36.2. The Morgan fingerprint density at radius 3 is 1.45 bits per heavy atom. The van der Waals surface area contributed by atoms with Crippen molar-refractivity contribution < 1.29 is 0 Å². The lowest BCUT2D eigenvalue weighted by Gasteiger charge is -2.28. The molecule has 0 heterocycles. The molecule has 0 radical (unpaired) electrons. The van der Waals surface area contributed by atoms with Gasteiger partial charge in [0.05, 0.1) is 0 Å². The summed E-state index contributed by atoms with van der Waals surface area (Å²) in [7, 11) is 0. The third-order valence-corrected chi connectivity index (χ3v) is 13.8. The van der Waals surface area contributed by atoms with Gasteiger partial charge >= 0.3 is 0 Å². The SMILES string of the molecule is CC1(c2ccccc2)c2ccccc2-c2c(-c3ccc(N(c4ccc(-c5ccc(-c6cccc7ccccc67)cc5)cc4)c4ccc(-c5ccc6ccccc6c5)cc4)cc3)cccc21. The van der Waals surface area contributed by atoms with Gasteiger partial charge in [0, 0.05) is 22.5 Å². The van der Waals surface area contributed by atoms with E-state index in [0.717, 1.165) is 17.1 Å². The molecule has 0 saturated carbocycles. The molecule has 12 rings (SSSR count). The highest BCUT2D eigenvalue weighted by molar-refractivity contribution is 5.97. The molecule has 1 aliphatic rings. The molecular weight excluding hydrogens is 783 g/mol.